The zero-order valence-corrected chi connectivity index (χ0v) is 11.5. The van der Waals surface area contributed by atoms with Gasteiger partial charge in [0.05, 0.1) is 6.61 Å². The Morgan fingerprint density at radius 2 is 2.00 bits per heavy atom. The van der Waals surface area contributed by atoms with Crippen molar-refractivity contribution < 1.29 is 4.74 Å². The maximum Gasteiger partial charge on any atom is 0.122 e. The van der Waals surface area contributed by atoms with Crippen LogP contribution in [-0.2, 0) is 11.8 Å². The molecule has 1 aromatic rings. The Labute approximate surface area is 106 Å². The molecule has 0 heterocycles. The van der Waals surface area contributed by atoms with Crippen LogP contribution in [0.5, 0.6) is 5.75 Å². The monoisotopic (exact) mass is 232 g/mol. The molecule has 0 radical (unpaired) electrons. The molecule has 0 aliphatic heterocycles. The Kier molecular flexibility index (Phi) is 4.80. The average Bonchev–Trinajstić information content (AvgIpc) is 2.26. The highest BCUT2D eigenvalue weighted by molar-refractivity contribution is 5.40. The molecule has 0 amide bonds. The van der Waals surface area contributed by atoms with Gasteiger partial charge in [-0.2, -0.15) is 0 Å². The van der Waals surface area contributed by atoms with Gasteiger partial charge in [0.2, 0.25) is 0 Å². The van der Waals surface area contributed by atoms with Gasteiger partial charge < -0.3 is 4.74 Å². The van der Waals surface area contributed by atoms with Crippen LogP contribution in [0.4, 0.5) is 0 Å². The van der Waals surface area contributed by atoms with E-state index in [1.54, 1.807) is 0 Å². The molecule has 0 saturated carbocycles. The summed E-state index contributed by atoms with van der Waals surface area (Å²) in [5.74, 6) is 1.02. The predicted molar refractivity (Wildman–Crippen MR) is 74.8 cm³/mol. The van der Waals surface area contributed by atoms with Gasteiger partial charge in [-0.1, -0.05) is 39.0 Å². The van der Waals surface area contributed by atoms with Gasteiger partial charge >= 0.3 is 0 Å². The van der Waals surface area contributed by atoms with Crippen LogP contribution in [0.2, 0.25) is 0 Å². The van der Waals surface area contributed by atoms with Gasteiger partial charge in [-0.05, 0) is 42.4 Å². The summed E-state index contributed by atoms with van der Waals surface area (Å²) in [6.45, 7) is 13.2. The predicted octanol–water partition coefficient (Wildman–Crippen LogP) is 4.50. The van der Waals surface area contributed by atoms with Crippen LogP contribution in [0.25, 0.3) is 0 Å². The van der Waals surface area contributed by atoms with Gasteiger partial charge in [-0.3, -0.25) is 0 Å². The summed E-state index contributed by atoms with van der Waals surface area (Å²) in [7, 11) is 0. The lowest BCUT2D eigenvalue weighted by molar-refractivity contribution is 0.336. The molecule has 0 atom stereocenters. The second-order valence-corrected chi connectivity index (χ2v) is 5.33. The number of hydrogen-bond acceptors (Lipinski definition) is 1. The lowest BCUT2D eigenvalue weighted by atomic mass is 9.85. The third-order valence-corrected chi connectivity index (χ3v) is 2.84. The van der Waals surface area contributed by atoms with Gasteiger partial charge in [-0.25, -0.2) is 0 Å². The molecule has 0 spiro atoms. The van der Waals surface area contributed by atoms with E-state index in [0.717, 1.165) is 25.2 Å². The summed E-state index contributed by atoms with van der Waals surface area (Å²) in [5, 5.41) is 0. The molecular weight excluding hydrogens is 208 g/mol. The first kappa shape index (κ1) is 13.8. The van der Waals surface area contributed by atoms with Gasteiger partial charge in [0, 0.05) is 0 Å². The highest BCUT2D eigenvalue weighted by Crippen LogP contribution is 2.28. The molecule has 0 saturated heterocycles. The zero-order chi connectivity index (χ0) is 12.9. The number of hydrogen-bond donors (Lipinski definition) is 0. The van der Waals surface area contributed by atoms with Gasteiger partial charge in [0.25, 0.3) is 0 Å². The zero-order valence-electron chi connectivity index (χ0n) is 11.5. The summed E-state index contributed by atoms with van der Waals surface area (Å²) < 4.78 is 5.67. The third-order valence-electron chi connectivity index (χ3n) is 2.84. The van der Waals surface area contributed by atoms with E-state index in [0.29, 0.717) is 0 Å². The quantitative estimate of drug-likeness (QED) is 0.679. The topological polar surface area (TPSA) is 9.23 Å². The molecule has 0 aliphatic rings. The Bertz CT molecular complexity index is 372. The summed E-state index contributed by atoms with van der Waals surface area (Å²) in [6.07, 6.45) is 3.95. The molecule has 0 aromatic heterocycles. The van der Waals surface area contributed by atoms with Crippen molar-refractivity contribution in [1.82, 2.24) is 0 Å². The van der Waals surface area contributed by atoms with Crippen molar-refractivity contribution >= 4 is 0 Å². The lowest BCUT2D eigenvalue weighted by Gasteiger charge is -2.21. The fraction of sp³-hybridized carbons (Fsp3) is 0.500. The number of aryl methyl sites for hydroxylation is 1. The van der Waals surface area contributed by atoms with E-state index in [9.17, 15) is 0 Å². The minimum absolute atomic E-state index is 0.188. The molecule has 0 unspecified atom stereocenters. The Morgan fingerprint density at radius 3 is 2.53 bits per heavy atom. The van der Waals surface area contributed by atoms with Crippen LogP contribution in [0.3, 0.4) is 0 Å². The molecule has 0 N–H and O–H groups in total. The Morgan fingerprint density at radius 1 is 1.29 bits per heavy atom. The fourth-order valence-corrected chi connectivity index (χ4v) is 1.80. The second kappa shape index (κ2) is 5.90. The van der Waals surface area contributed by atoms with Crippen molar-refractivity contribution in [2.45, 2.75) is 46.0 Å². The number of allylic oxidation sites excluding steroid dienone is 1. The molecule has 0 aliphatic carbocycles. The standard InChI is InChI=1S/C16H24O/c1-6-8-9-13-12-14(16(3,4)5)10-11-15(13)17-7-2/h6,10-12H,1,7-9H2,2-5H3. The number of ether oxygens (including phenoxy) is 1. The molecule has 0 bridgehead atoms. The SMILES string of the molecule is C=CCCc1cc(C(C)(C)C)ccc1OCC. The highest BCUT2D eigenvalue weighted by Gasteiger charge is 2.15. The first-order valence-corrected chi connectivity index (χ1v) is 6.36. The van der Waals surface area contributed by atoms with Crippen LogP contribution in [0.1, 0.15) is 45.2 Å². The Balaban J connectivity index is 3.04. The molecule has 17 heavy (non-hydrogen) atoms. The minimum atomic E-state index is 0.188. The normalized spacial score (nSPS) is 11.3. The molecule has 1 heteroatoms. The molecular formula is C16H24O. The number of rotatable bonds is 5. The van der Waals surface area contributed by atoms with Crippen LogP contribution < -0.4 is 4.74 Å². The van der Waals surface area contributed by atoms with Crippen LogP contribution in [0, 0.1) is 0 Å². The molecule has 1 nitrogen and oxygen atoms in total. The van der Waals surface area contributed by atoms with Crippen LogP contribution >= 0.6 is 0 Å². The average molecular weight is 232 g/mol. The third kappa shape index (κ3) is 3.92. The van der Waals surface area contributed by atoms with Crippen molar-refractivity contribution in [2.24, 2.45) is 0 Å². The summed E-state index contributed by atoms with van der Waals surface area (Å²) in [5.41, 5.74) is 2.84. The van der Waals surface area contributed by atoms with Crippen molar-refractivity contribution in [3.63, 3.8) is 0 Å². The van der Waals surface area contributed by atoms with E-state index in [1.807, 2.05) is 13.0 Å². The van der Waals surface area contributed by atoms with Crippen LogP contribution in [-0.4, -0.2) is 6.61 Å². The maximum atomic E-state index is 5.67. The van der Waals surface area contributed by atoms with Gasteiger partial charge in [-0.15, -0.1) is 6.58 Å². The van der Waals surface area contributed by atoms with Crippen molar-refractivity contribution in [3.8, 4) is 5.75 Å². The van der Waals surface area contributed by atoms with E-state index in [2.05, 4.69) is 45.5 Å². The smallest absolute Gasteiger partial charge is 0.122 e. The van der Waals surface area contributed by atoms with Gasteiger partial charge in [0.15, 0.2) is 0 Å². The van der Waals surface area contributed by atoms with Crippen molar-refractivity contribution in [2.75, 3.05) is 6.61 Å². The highest BCUT2D eigenvalue weighted by atomic mass is 16.5. The Hall–Kier alpha value is -1.24. The summed E-state index contributed by atoms with van der Waals surface area (Å²) >= 11 is 0. The van der Waals surface area contributed by atoms with Crippen molar-refractivity contribution in [3.05, 3.63) is 42.0 Å². The molecule has 1 rings (SSSR count). The van der Waals surface area contributed by atoms with E-state index in [1.165, 1.54) is 11.1 Å². The minimum Gasteiger partial charge on any atom is -0.494 e. The second-order valence-electron chi connectivity index (χ2n) is 5.33. The summed E-state index contributed by atoms with van der Waals surface area (Å²) in [6, 6.07) is 6.54. The van der Waals surface area contributed by atoms with Crippen molar-refractivity contribution in [1.29, 1.82) is 0 Å². The van der Waals surface area contributed by atoms with E-state index >= 15 is 0 Å². The molecule has 1 aromatic carbocycles. The lowest BCUT2D eigenvalue weighted by Crippen LogP contribution is -2.12. The van der Waals surface area contributed by atoms with Gasteiger partial charge in [0.1, 0.15) is 5.75 Å². The molecule has 0 fully saturated rings. The van der Waals surface area contributed by atoms with E-state index < -0.39 is 0 Å². The summed E-state index contributed by atoms with van der Waals surface area (Å²) in [4.78, 5) is 0. The first-order valence-electron chi connectivity index (χ1n) is 6.36. The van der Waals surface area contributed by atoms with Crippen LogP contribution in [0.15, 0.2) is 30.9 Å². The molecule has 94 valence electrons. The van der Waals surface area contributed by atoms with E-state index in [-0.39, 0.29) is 5.41 Å². The van der Waals surface area contributed by atoms with E-state index in [4.69, 9.17) is 4.74 Å². The number of benzene rings is 1. The fourth-order valence-electron chi connectivity index (χ4n) is 1.80. The maximum absolute atomic E-state index is 5.67. The largest absolute Gasteiger partial charge is 0.494 e. The first-order chi connectivity index (χ1) is 7.99.